The van der Waals surface area contributed by atoms with Crippen LogP contribution in [0.15, 0.2) is 70.6 Å². The number of benzene rings is 2. The molecule has 2 aromatic carbocycles. The summed E-state index contributed by atoms with van der Waals surface area (Å²) in [7, 11) is 0. The minimum absolute atomic E-state index is 0.130. The standard InChI is InChI=1S/C25H24N4O2S2/c1-15-16(2)33-25-21(15)24(31)26-20(27-25)14-32-17(3)23(30)29-28-22(18-10-6-4-7-11-18)19-12-8-5-9-13-19/h4-13,17H,14H2,1-3H3,(H,29,30)(H,26,27,31). The molecule has 4 aromatic rings. The van der Waals surface area contributed by atoms with Gasteiger partial charge < -0.3 is 4.98 Å². The first-order valence-corrected chi connectivity index (χ1v) is 12.4. The maximum atomic E-state index is 12.7. The van der Waals surface area contributed by atoms with E-state index in [1.807, 2.05) is 81.4 Å². The predicted octanol–water partition coefficient (Wildman–Crippen LogP) is 4.79. The van der Waals surface area contributed by atoms with E-state index in [1.54, 1.807) is 0 Å². The molecule has 1 atom stereocenters. The lowest BCUT2D eigenvalue weighted by atomic mass is 10.0. The van der Waals surface area contributed by atoms with E-state index in [4.69, 9.17) is 0 Å². The van der Waals surface area contributed by atoms with Crippen molar-refractivity contribution in [2.45, 2.75) is 31.8 Å². The van der Waals surface area contributed by atoms with Crippen LogP contribution in [0.1, 0.15) is 34.3 Å². The molecule has 0 spiro atoms. The third kappa shape index (κ3) is 5.23. The number of nitrogens with zero attached hydrogens (tertiary/aromatic N) is 2. The summed E-state index contributed by atoms with van der Waals surface area (Å²) in [6.07, 6.45) is 0. The van der Waals surface area contributed by atoms with E-state index in [1.165, 1.54) is 23.1 Å². The Kier molecular flexibility index (Phi) is 7.05. The van der Waals surface area contributed by atoms with Gasteiger partial charge in [-0.3, -0.25) is 9.59 Å². The molecular weight excluding hydrogens is 452 g/mol. The van der Waals surface area contributed by atoms with Crippen LogP contribution in [0.4, 0.5) is 0 Å². The average molecular weight is 477 g/mol. The highest BCUT2D eigenvalue weighted by molar-refractivity contribution is 7.99. The smallest absolute Gasteiger partial charge is 0.259 e. The van der Waals surface area contributed by atoms with Crippen LogP contribution in [0, 0.1) is 13.8 Å². The third-order valence-electron chi connectivity index (χ3n) is 5.30. The zero-order valence-corrected chi connectivity index (χ0v) is 20.2. The summed E-state index contributed by atoms with van der Waals surface area (Å²) in [6, 6.07) is 19.5. The van der Waals surface area contributed by atoms with Crippen LogP contribution >= 0.6 is 23.1 Å². The van der Waals surface area contributed by atoms with E-state index in [0.29, 0.717) is 22.7 Å². The van der Waals surface area contributed by atoms with Gasteiger partial charge in [-0.25, -0.2) is 10.4 Å². The van der Waals surface area contributed by atoms with E-state index >= 15 is 0 Å². The highest BCUT2D eigenvalue weighted by Crippen LogP contribution is 2.26. The number of thioether (sulfide) groups is 1. The summed E-state index contributed by atoms with van der Waals surface area (Å²) in [5, 5.41) is 4.71. The summed E-state index contributed by atoms with van der Waals surface area (Å²) in [5.41, 5.74) is 6.08. The van der Waals surface area contributed by atoms with Gasteiger partial charge in [-0.1, -0.05) is 60.7 Å². The second-order valence-electron chi connectivity index (χ2n) is 7.60. The summed E-state index contributed by atoms with van der Waals surface area (Å²) < 4.78 is 0. The van der Waals surface area contributed by atoms with Crippen molar-refractivity contribution < 1.29 is 4.79 Å². The third-order valence-corrected chi connectivity index (χ3v) is 7.56. The van der Waals surface area contributed by atoms with Gasteiger partial charge in [-0.2, -0.15) is 5.10 Å². The van der Waals surface area contributed by atoms with Crippen molar-refractivity contribution in [2.75, 3.05) is 0 Å². The number of hydrogen-bond acceptors (Lipinski definition) is 6. The lowest BCUT2D eigenvalue weighted by Gasteiger charge is -2.11. The van der Waals surface area contributed by atoms with Gasteiger partial charge in [-0.05, 0) is 26.3 Å². The first-order valence-electron chi connectivity index (χ1n) is 10.5. The van der Waals surface area contributed by atoms with Crippen LogP contribution in [-0.2, 0) is 10.5 Å². The second-order valence-corrected chi connectivity index (χ2v) is 10.1. The van der Waals surface area contributed by atoms with Crippen molar-refractivity contribution in [3.05, 3.63) is 98.4 Å². The molecule has 33 heavy (non-hydrogen) atoms. The molecule has 0 fully saturated rings. The molecule has 2 heterocycles. The molecule has 0 bridgehead atoms. The molecule has 2 N–H and O–H groups in total. The molecular formula is C25H24N4O2S2. The number of aromatic amines is 1. The highest BCUT2D eigenvalue weighted by atomic mass is 32.2. The Bertz CT molecular complexity index is 1320. The van der Waals surface area contributed by atoms with Crippen LogP contribution in [0.25, 0.3) is 10.2 Å². The second kappa shape index (κ2) is 10.1. The van der Waals surface area contributed by atoms with Crippen molar-refractivity contribution in [3.8, 4) is 0 Å². The zero-order chi connectivity index (χ0) is 23.4. The Labute approximate surface area is 200 Å². The Morgan fingerprint density at radius 1 is 1.09 bits per heavy atom. The van der Waals surface area contributed by atoms with Gasteiger partial charge in [0.2, 0.25) is 0 Å². The van der Waals surface area contributed by atoms with E-state index in [0.717, 1.165) is 26.4 Å². The topological polar surface area (TPSA) is 87.2 Å². The quantitative estimate of drug-likeness (QED) is 0.297. The first kappa shape index (κ1) is 22.9. The Balaban J connectivity index is 1.46. The van der Waals surface area contributed by atoms with Gasteiger partial charge in [0.05, 0.1) is 22.1 Å². The van der Waals surface area contributed by atoms with Crippen LogP contribution in [0.5, 0.6) is 0 Å². The maximum absolute atomic E-state index is 12.7. The Morgan fingerprint density at radius 3 is 2.30 bits per heavy atom. The normalized spacial score (nSPS) is 11.8. The fourth-order valence-corrected chi connectivity index (χ4v) is 5.13. The van der Waals surface area contributed by atoms with Gasteiger partial charge in [0.25, 0.3) is 11.5 Å². The molecule has 1 amide bonds. The maximum Gasteiger partial charge on any atom is 0.259 e. The minimum Gasteiger partial charge on any atom is -0.309 e. The monoisotopic (exact) mass is 476 g/mol. The van der Waals surface area contributed by atoms with Crippen molar-refractivity contribution >= 4 is 44.9 Å². The van der Waals surface area contributed by atoms with E-state index < -0.39 is 0 Å². The SMILES string of the molecule is Cc1sc2nc(CSC(C)C(=O)NN=C(c3ccccc3)c3ccccc3)[nH]c(=O)c2c1C. The lowest BCUT2D eigenvalue weighted by Crippen LogP contribution is -2.28. The lowest BCUT2D eigenvalue weighted by molar-refractivity contribution is -0.120. The van der Waals surface area contributed by atoms with Crippen LogP contribution in [0.3, 0.4) is 0 Å². The predicted molar refractivity (Wildman–Crippen MR) is 137 cm³/mol. The zero-order valence-electron chi connectivity index (χ0n) is 18.6. The Morgan fingerprint density at radius 2 is 1.70 bits per heavy atom. The van der Waals surface area contributed by atoms with Crippen LogP contribution in [-0.4, -0.2) is 26.8 Å². The van der Waals surface area contributed by atoms with Gasteiger partial charge in [0.15, 0.2) is 0 Å². The highest BCUT2D eigenvalue weighted by Gasteiger charge is 2.17. The number of carbonyl (C=O) groups is 1. The van der Waals surface area contributed by atoms with Crippen molar-refractivity contribution in [2.24, 2.45) is 5.10 Å². The van der Waals surface area contributed by atoms with Crippen LogP contribution in [0.2, 0.25) is 0 Å². The number of aryl methyl sites for hydroxylation is 2. The fraction of sp³-hybridized carbons (Fsp3) is 0.200. The van der Waals surface area contributed by atoms with Gasteiger partial charge in [-0.15, -0.1) is 23.1 Å². The Hall–Kier alpha value is -3.23. The molecule has 8 heteroatoms. The van der Waals surface area contributed by atoms with E-state index in [9.17, 15) is 9.59 Å². The molecule has 0 aliphatic rings. The van der Waals surface area contributed by atoms with E-state index in [2.05, 4.69) is 20.5 Å². The van der Waals surface area contributed by atoms with Crippen molar-refractivity contribution in [1.29, 1.82) is 0 Å². The summed E-state index contributed by atoms with van der Waals surface area (Å²) in [4.78, 5) is 34.5. The number of thiophene rings is 1. The number of nitrogens with one attached hydrogen (secondary N) is 2. The number of carbonyl (C=O) groups excluding carboxylic acids is 1. The van der Waals surface area contributed by atoms with Gasteiger partial charge >= 0.3 is 0 Å². The van der Waals surface area contributed by atoms with E-state index in [-0.39, 0.29) is 16.7 Å². The summed E-state index contributed by atoms with van der Waals surface area (Å²) in [5.74, 6) is 0.774. The summed E-state index contributed by atoms with van der Waals surface area (Å²) >= 11 is 2.92. The minimum atomic E-state index is -0.380. The molecule has 0 radical (unpaired) electrons. The molecule has 0 aliphatic carbocycles. The largest absolute Gasteiger partial charge is 0.309 e. The summed E-state index contributed by atoms with van der Waals surface area (Å²) in [6.45, 7) is 5.74. The number of fused-ring (bicyclic) bond motifs is 1. The number of amides is 1. The first-order chi connectivity index (χ1) is 15.9. The number of rotatable bonds is 7. The number of hydrogen-bond donors (Lipinski definition) is 2. The molecule has 0 saturated heterocycles. The van der Waals surface area contributed by atoms with Gasteiger partial charge in [0, 0.05) is 16.0 Å². The number of H-pyrrole nitrogens is 1. The molecule has 1 unspecified atom stereocenters. The molecule has 0 aliphatic heterocycles. The average Bonchev–Trinajstić information content (AvgIpc) is 3.12. The molecule has 6 nitrogen and oxygen atoms in total. The molecule has 2 aromatic heterocycles. The van der Waals surface area contributed by atoms with Crippen molar-refractivity contribution in [1.82, 2.24) is 15.4 Å². The molecule has 4 rings (SSSR count). The van der Waals surface area contributed by atoms with Crippen molar-refractivity contribution in [3.63, 3.8) is 0 Å². The fourth-order valence-electron chi connectivity index (χ4n) is 3.34. The number of aromatic nitrogens is 2. The number of hydrazone groups is 1. The molecule has 168 valence electrons. The molecule has 0 saturated carbocycles. The van der Waals surface area contributed by atoms with Gasteiger partial charge in [0.1, 0.15) is 10.7 Å². The van der Waals surface area contributed by atoms with Crippen LogP contribution < -0.4 is 11.0 Å².